The number of carbonyl (C=O) groups excluding carboxylic acids is 6. The summed E-state index contributed by atoms with van der Waals surface area (Å²) in [7, 11) is 0. The minimum absolute atomic E-state index is 0.0155. The van der Waals surface area contributed by atoms with E-state index in [1.165, 1.54) is 36.8 Å². The number of aliphatic carboxylic acids is 2. The fraction of sp³-hybridized carbons (Fsp3) is 0.306. The summed E-state index contributed by atoms with van der Waals surface area (Å²) in [4.78, 5) is 109. The molecule has 0 radical (unpaired) electrons. The van der Waals surface area contributed by atoms with Crippen LogP contribution < -0.4 is 37.6 Å². The Hall–Kier alpha value is -7.29. The van der Waals surface area contributed by atoms with Crippen molar-refractivity contribution in [3.05, 3.63) is 84.1 Å². The maximum absolute atomic E-state index is 13.1. The zero-order valence-electron chi connectivity index (χ0n) is 30.2. The molecule has 2 aromatic carbocycles. The lowest BCUT2D eigenvalue weighted by Gasteiger charge is -2.21. The lowest BCUT2D eigenvalue weighted by Crippen LogP contribution is -2.54. The number of hydrogen-bond donors (Lipinski definition) is 12. The standard InChI is InChI=1S/C36H42N10O11/c37-24(10-20-13-39-25-4-2-1-3-23(20)25)33(53)45-26(11-21-14-38-18-43-21)34(54)42-16-30(49)40-15-29(48)41-17-31(50)44-27(12-32(51)52)35(55)46-28(36(56)57)9-19-5-7-22(47)8-6-19/h1-8,13-14,18,24,26-28,39,47H,9-12,15-17,37H2,(H,38,43)(H,40,49)(H,41,48)(H,42,54)(H,44,50)(H,45,53)(H,46,55)(H,51,52)(H,56,57)/t24-,26-,27-,28-/m0/s1. The number of fused-ring (bicyclic) bond motifs is 1. The highest BCUT2D eigenvalue weighted by Gasteiger charge is 2.29. The molecule has 302 valence electrons. The molecular weight excluding hydrogens is 748 g/mol. The Bertz CT molecular complexity index is 2070. The van der Waals surface area contributed by atoms with Gasteiger partial charge in [0.25, 0.3) is 0 Å². The first-order valence-corrected chi connectivity index (χ1v) is 17.4. The number of rotatable bonds is 21. The molecule has 0 unspecified atom stereocenters. The van der Waals surface area contributed by atoms with E-state index in [1.54, 1.807) is 6.20 Å². The van der Waals surface area contributed by atoms with Crippen LogP contribution in [0, 0.1) is 0 Å². The van der Waals surface area contributed by atoms with Crippen molar-refractivity contribution < 1.29 is 53.7 Å². The Morgan fingerprint density at radius 3 is 1.98 bits per heavy atom. The van der Waals surface area contributed by atoms with E-state index in [0.29, 0.717) is 11.3 Å². The number of phenolic OH excluding ortho intramolecular Hbond substituents is 1. The van der Waals surface area contributed by atoms with Gasteiger partial charge in [-0.25, -0.2) is 9.78 Å². The van der Waals surface area contributed by atoms with Crippen LogP contribution in [0.2, 0.25) is 0 Å². The van der Waals surface area contributed by atoms with Crippen LogP contribution in [0.1, 0.15) is 23.2 Å². The zero-order chi connectivity index (χ0) is 41.5. The van der Waals surface area contributed by atoms with Gasteiger partial charge in [0.15, 0.2) is 0 Å². The number of nitrogens with two attached hydrogens (primary N) is 1. The van der Waals surface area contributed by atoms with Gasteiger partial charge in [-0.2, -0.15) is 0 Å². The van der Waals surface area contributed by atoms with E-state index < -0.39 is 97.6 Å². The highest BCUT2D eigenvalue weighted by molar-refractivity contribution is 5.95. The van der Waals surface area contributed by atoms with Crippen molar-refractivity contribution in [2.75, 3.05) is 19.6 Å². The summed E-state index contributed by atoms with van der Waals surface area (Å²) in [5.74, 6) is -8.12. The normalized spacial score (nSPS) is 12.9. The Kier molecular flexibility index (Phi) is 15.2. The van der Waals surface area contributed by atoms with Gasteiger partial charge in [0.1, 0.15) is 23.9 Å². The number of nitrogens with zero attached hydrogens (tertiary/aromatic N) is 1. The number of aromatic hydroxyl groups is 1. The minimum Gasteiger partial charge on any atom is -0.508 e. The summed E-state index contributed by atoms with van der Waals surface area (Å²) >= 11 is 0. The molecule has 0 fully saturated rings. The van der Waals surface area contributed by atoms with Gasteiger partial charge >= 0.3 is 11.9 Å². The van der Waals surface area contributed by atoms with Gasteiger partial charge in [-0.3, -0.25) is 33.6 Å². The average molecular weight is 791 g/mol. The lowest BCUT2D eigenvalue weighted by molar-refractivity contribution is -0.143. The third-order valence-corrected chi connectivity index (χ3v) is 8.40. The van der Waals surface area contributed by atoms with E-state index in [9.17, 15) is 53.7 Å². The van der Waals surface area contributed by atoms with Crippen molar-refractivity contribution in [2.24, 2.45) is 5.73 Å². The highest BCUT2D eigenvalue weighted by Crippen LogP contribution is 2.19. The van der Waals surface area contributed by atoms with Crippen LogP contribution in [0.15, 0.2) is 67.3 Å². The molecule has 0 saturated carbocycles. The van der Waals surface area contributed by atoms with Crippen LogP contribution in [0.5, 0.6) is 5.75 Å². The first-order valence-electron chi connectivity index (χ1n) is 17.4. The molecule has 0 bridgehead atoms. The first kappa shape index (κ1) is 42.5. The van der Waals surface area contributed by atoms with Gasteiger partial charge in [0.05, 0.1) is 38.4 Å². The molecular formula is C36H42N10O11. The van der Waals surface area contributed by atoms with Crippen LogP contribution in [0.4, 0.5) is 0 Å². The van der Waals surface area contributed by atoms with Crippen LogP contribution in [-0.2, 0) is 57.6 Å². The molecule has 13 N–H and O–H groups in total. The number of aromatic nitrogens is 3. The third-order valence-electron chi connectivity index (χ3n) is 8.40. The number of imidazole rings is 1. The second kappa shape index (κ2) is 20.4. The van der Waals surface area contributed by atoms with Crippen LogP contribution in [0.3, 0.4) is 0 Å². The molecule has 4 atom stereocenters. The van der Waals surface area contributed by atoms with Crippen LogP contribution >= 0.6 is 0 Å². The second-order valence-corrected chi connectivity index (χ2v) is 12.8. The molecule has 21 heteroatoms. The van der Waals surface area contributed by atoms with Gasteiger partial charge in [0.2, 0.25) is 35.4 Å². The third kappa shape index (κ3) is 13.5. The summed E-state index contributed by atoms with van der Waals surface area (Å²) in [6.45, 7) is -1.99. The molecule has 4 aromatic rings. The molecule has 2 heterocycles. The molecule has 2 aromatic heterocycles. The largest absolute Gasteiger partial charge is 0.508 e. The highest BCUT2D eigenvalue weighted by atomic mass is 16.4. The van der Waals surface area contributed by atoms with Gasteiger partial charge < -0.3 is 62.9 Å². The van der Waals surface area contributed by atoms with E-state index in [2.05, 4.69) is 46.9 Å². The molecule has 4 rings (SSSR count). The SMILES string of the molecule is N[C@@H](Cc1c[nH]c2ccccc12)C(=O)N[C@@H](Cc1cnc[nH]1)C(=O)NCC(=O)NCC(=O)NCC(=O)N[C@@H](CC(=O)O)C(=O)N[C@@H](Cc1ccc(O)cc1)C(=O)O. The Balaban J connectivity index is 1.22. The number of H-pyrrole nitrogens is 2. The first-order chi connectivity index (χ1) is 27.2. The molecule has 0 aliphatic heterocycles. The monoisotopic (exact) mass is 790 g/mol. The number of benzene rings is 2. The fourth-order valence-electron chi connectivity index (χ4n) is 5.48. The maximum Gasteiger partial charge on any atom is 0.326 e. The van der Waals surface area contributed by atoms with E-state index in [-0.39, 0.29) is 25.0 Å². The van der Waals surface area contributed by atoms with Gasteiger partial charge in [-0.1, -0.05) is 30.3 Å². The number of carboxylic acid groups (broad SMARTS) is 2. The Morgan fingerprint density at radius 1 is 0.684 bits per heavy atom. The number of hydrogen-bond acceptors (Lipinski definition) is 11. The van der Waals surface area contributed by atoms with Crippen molar-refractivity contribution in [2.45, 2.75) is 49.9 Å². The summed E-state index contributed by atoms with van der Waals surface area (Å²) in [5.41, 5.74) is 8.83. The second-order valence-electron chi connectivity index (χ2n) is 12.8. The van der Waals surface area contributed by atoms with E-state index >= 15 is 0 Å². The fourth-order valence-corrected chi connectivity index (χ4v) is 5.48. The number of carboxylic acids is 2. The molecule has 21 nitrogen and oxygen atoms in total. The summed E-state index contributed by atoms with van der Waals surface area (Å²) in [5, 5.41) is 42.9. The Labute approximate surface area is 323 Å². The smallest absolute Gasteiger partial charge is 0.326 e. The number of carbonyl (C=O) groups is 8. The molecule has 0 aliphatic rings. The average Bonchev–Trinajstić information content (AvgIpc) is 3.85. The number of aromatic amines is 2. The summed E-state index contributed by atoms with van der Waals surface area (Å²) in [6, 6.07) is 7.59. The number of amides is 6. The van der Waals surface area contributed by atoms with Crippen molar-refractivity contribution in [3.8, 4) is 5.75 Å². The van der Waals surface area contributed by atoms with Crippen molar-refractivity contribution in [3.63, 3.8) is 0 Å². The van der Waals surface area contributed by atoms with Crippen molar-refractivity contribution in [1.29, 1.82) is 0 Å². The quantitative estimate of drug-likeness (QED) is 0.0410. The number of phenols is 1. The predicted molar refractivity (Wildman–Crippen MR) is 199 cm³/mol. The Morgan fingerprint density at radius 2 is 1.33 bits per heavy atom. The van der Waals surface area contributed by atoms with E-state index in [4.69, 9.17) is 5.73 Å². The summed E-state index contributed by atoms with van der Waals surface area (Å²) < 4.78 is 0. The molecule has 6 amide bonds. The van der Waals surface area contributed by atoms with Crippen molar-refractivity contribution >= 4 is 58.3 Å². The van der Waals surface area contributed by atoms with Crippen molar-refractivity contribution in [1.82, 2.24) is 46.9 Å². The van der Waals surface area contributed by atoms with Crippen LogP contribution in [-0.4, -0.2) is 121 Å². The minimum atomic E-state index is -1.71. The summed E-state index contributed by atoms with van der Waals surface area (Å²) in [6.07, 6.45) is 3.63. The van der Waals surface area contributed by atoms with Gasteiger partial charge in [-0.05, 0) is 35.7 Å². The molecule has 0 saturated heterocycles. The van der Waals surface area contributed by atoms with Crippen LogP contribution in [0.25, 0.3) is 10.9 Å². The van der Waals surface area contributed by atoms with E-state index in [1.807, 2.05) is 24.3 Å². The molecule has 0 spiro atoms. The topological polar surface area (TPSA) is 340 Å². The maximum atomic E-state index is 13.1. The molecule has 57 heavy (non-hydrogen) atoms. The van der Waals surface area contributed by atoms with Gasteiger partial charge in [0, 0.05) is 41.8 Å². The molecule has 0 aliphatic carbocycles. The van der Waals surface area contributed by atoms with Gasteiger partial charge in [-0.15, -0.1) is 0 Å². The predicted octanol–water partition coefficient (Wildman–Crippen LogP) is -2.69. The van der Waals surface area contributed by atoms with E-state index in [0.717, 1.165) is 16.5 Å². The number of para-hydroxylation sites is 1. The zero-order valence-corrected chi connectivity index (χ0v) is 30.2. The number of nitrogens with one attached hydrogen (secondary N) is 8. The lowest BCUT2D eigenvalue weighted by atomic mass is 10.0.